The number of benzene rings is 1. The Bertz CT molecular complexity index is 1000. The molecule has 0 unspecified atom stereocenters. The van der Waals surface area contributed by atoms with Gasteiger partial charge in [-0.1, -0.05) is 31.0 Å². The van der Waals surface area contributed by atoms with E-state index in [2.05, 4.69) is 15.6 Å². The highest BCUT2D eigenvalue weighted by atomic mass is 32.1. The van der Waals surface area contributed by atoms with E-state index in [4.69, 9.17) is 4.42 Å². The van der Waals surface area contributed by atoms with Crippen molar-refractivity contribution in [3.05, 3.63) is 58.8 Å². The predicted molar refractivity (Wildman–Crippen MR) is 113 cm³/mol. The molecule has 2 heterocycles. The molecule has 4 rings (SSSR count). The highest BCUT2D eigenvalue weighted by Crippen LogP contribution is 2.26. The summed E-state index contributed by atoms with van der Waals surface area (Å²) in [6.45, 7) is 1.80. The van der Waals surface area contributed by atoms with Crippen LogP contribution in [0.5, 0.6) is 0 Å². The number of carbonyl (C=O) groups excluding carboxylic acids is 2. The van der Waals surface area contributed by atoms with E-state index in [9.17, 15) is 9.59 Å². The number of hydrogen-bond acceptors (Lipinski definition) is 5. The predicted octanol–water partition coefficient (Wildman–Crippen LogP) is 4.57. The van der Waals surface area contributed by atoms with Crippen molar-refractivity contribution < 1.29 is 14.0 Å². The van der Waals surface area contributed by atoms with Crippen LogP contribution in [0.4, 0.5) is 5.69 Å². The van der Waals surface area contributed by atoms with Gasteiger partial charge in [-0.25, -0.2) is 4.98 Å². The van der Waals surface area contributed by atoms with Crippen molar-refractivity contribution in [3.63, 3.8) is 0 Å². The van der Waals surface area contributed by atoms with E-state index >= 15 is 0 Å². The maximum Gasteiger partial charge on any atom is 0.253 e. The Labute approximate surface area is 173 Å². The third kappa shape index (κ3) is 4.56. The largest absolute Gasteiger partial charge is 0.440 e. The van der Waals surface area contributed by atoms with Crippen molar-refractivity contribution >= 4 is 28.8 Å². The van der Waals surface area contributed by atoms with E-state index in [1.807, 2.05) is 17.5 Å². The minimum atomic E-state index is -0.236. The minimum absolute atomic E-state index is 0.0826. The molecular formula is C22H23N3O3S. The SMILES string of the molecule is Cc1oc(-c2cccs2)nc1CC(=O)Nc1ccccc1C(=O)NC1CCCC1. The smallest absolute Gasteiger partial charge is 0.253 e. The molecule has 2 amide bonds. The average molecular weight is 410 g/mol. The van der Waals surface area contributed by atoms with Crippen molar-refractivity contribution in [3.8, 4) is 10.8 Å². The fourth-order valence-electron chi connectivity index (χ4n) is 3.57. The minimum Gasteiger partial charge on any atom is -0.440 e. The number of nitrogens with one attached hydrogen (secondary N) is 2. The molecule has 0 saturated heterocycles. The fourth-order valence-corrected chi connectivity index (χ4v) is 4.22. The normalized spacial score (nSPS) is 14.1. The molecule has 3 aromatic rings. The average Bonchev–Trinajstić information content (AvgIpc) is 3.45. The zero-order valence-corrected chi connectivity index (χ0v) is 17.1. The molecule has 1 aromatic carbocycles. The molecular weight excluding hydrogens is 386 g/mol. The van der Waals surface area contributed by atoms with Crippen molar-refractivity contribution in [2.75, 3.05) is 5.32 Å². The highest BCUT2D eigenvalue weighted by molar-refractivity contribution is 7.13. The first kappa shape index (κ1) is 19.4. The summed E-state index contributed by atoms with van der Waals surface area (Å²) in [6.07, 6.45) is 4.40. The monoisotopic (exact) mass is 409 g/mol. The second-order valence-electron chi connectivity index (χ2n) is 7.22. The lowest BCUT2D eigenvalue weighted by Gasteiger charge is -2.15. The van der Waals surface area contributed by atoms with Gasteiger partial charge in [0.1, 0.15) is 5.76 Å². The van der Waals surface area contributed by atoms with Crippen LogP contribution in [0, 0.1) is 6.92 Å². The number of rotatable bonds is 6. The number of thiophene rings is 1. The molecule has 29 heavy (non-hydrogen) atoms. The molecule has 2 N–H and O–H groups in total. The van der Waals surface area contributed by atoms with Gasteiger partial charge in [0, 0.05) is 6.04 Å². The van der Waals surface area contributed by atoms with Gasteiger partial charge in [0.2, 0.25) is 11.8 Å². The molecule has 1 aliphatic rings. The van der Waals surface area contributed by atoms with Gasteiger partial charge in [-0.3, -0.25) is 9.59 Å². The summed E-state index contributed by atoms with van der Waals surface area (Å²) in [5.41, 5.74) is 1.58. The molecule has 1 fully saturated rings. The third-order valence-corrected chi connectivity index (χ3v) is 5.95. The Morgan fingerprint density at radius 3 is 2.72 bits per heavy atom. The number of hydrogen-bond donors (Lipinski definition) is 2. The van der Waals surface area contributed by atoms with E-state index in [0.717, 1.165) is 30.6 Å². The summed E-state index contributed by atoms with van der Waals surface area (Å²) >= 11 is 1.54. The Morgan fingerprint density at radius 2 is 1.97 bits per heavy atom. The van der Waals surface area contributed by atoms with Crippen LogP contribution < -0.4 is 10.6 Å². The van der Waals surface area contributed by atoms with Gasteiger partial charge in [-0.15, -0.1) is 11.3 Å². The van der Waals surface area contributed by atoms with Crippen LogP contribution >= 0.6 is 11.3 Å². The van der Waals surface area contributed by atoms with Crippen LogP contribution in [0.3, 0.4) is 0 Å². The van der Waals surface area contributed by atoms with Gasteiger partial charge in [0.25, 0.3) is 5.91 Å². The van der Waals surface area contributed by atoms with Gasteiger partial charge < -0.3 is 15.1 Å². The van der Waals surface area contributed by atoms with Gasteiger partial charge in [-0.2, -0.15) is 0 Å². The molecule has 0 bridgehead atoms. The molecule has 1 saturated carbocycles. The highest BCUT2D eigenvalue weighted by Gasteiger charge is 2.21. The maximum atomic E-state index is 12.7. The number of oxazole rings is 1. The first-order chi connectivity index (χ1) is 14.1. The summed E-state index contributed by atoms with van der Waals surface area (Å²) < 4.78 is 5.70. The Morgan fingerprint density at radius 1 is 1.17 bits per heavy atom. The number of aryl methyl sites for hydroxylation is 1. The standard InChI is InChI=1S/C22H23N3O3S/c1-14-18(25-22(28-14)19-11-6-12-29-19)13-20(26)24-17-10-5-4-9-16(17)21(27)23-15-7-2-3-8-15/h4-6,9-12,15H,2-3,7-8,13H2,1H3,(H,23,27)(H,24,26). The third-order valence-electron chi connectivity index (χ3n) is 5.09. The number of nitrogens with zero attached hydrogens (tertiary/aromatic N) is 1. The summed E-state index contributed by atoms with van der Waals surface area (Å²) in [6, 6.07) is 11.2. The van der Waals surface area contributed by atoms with Crippen LogP contribution in [-0.4, -0.2) is 22.8 Å². The molecule has 7 heteroatoms. The van der Waals surface area contributed by atoms with Crippen molar-refractivity contribution in [1.29, 1.82) is 0 Å². The second-order valence-corrected chi connectivity index (χ2v) is 8.17. The number of para-hydroxylation sites is 1. The van der Waals surface area contributed by atoms with Gasteiger partial charge in [0.05, 0.1) is 28.2 Å². The van der Waals surface area contributed by atoms with Gasteiger partial charge in [0.15, 0.2) is 0 Å². The van der Waals surface area contributed by atoms with Crippen molar-refractivity contribution in [1.82, 2.24) is 10.3 Å². The first-order valence-electron chi connectivity index (χ1n) is 9.80. The Balaban J connectivity index is 1.44. The lowest BCUT2D eigenvalue weighted by Crippen LogP contribution is -2.33. The fraction of sp³-hybridized carbons (Fsp3) is 0.318. The van der Waals surface area contributed by atoms with Crippen LogP contribution in [0.25, 0.3) is 10.8 Å². The Hall–Kier alpha value is -2.93. The molecule has 0 aliphatic heterocycles. The lowest BCUT2D eigenvalue weighted by molar-refractivity contribution is -0.115. The molecule has 0 radical (unpaired) electrons. The molecule has 0 atom stereocenters. The van der Waals surface area contributed by atoms with E-state index < -0.39 is 0 Å². The first-order valence-corrected chi connectivity index (χ1v) is 10.7. The van der Waals surface area contributed by atoms with Crippen LogP contribution in [0.1, 0.15) is 47.5 Å². The number of amides is 2. The number of aromatic nitrogens is 1. The van der Waals surface area contributed by atoms with Crippen LogP contribution in [-0.2, 0) is 11.2 Å². The summed E-state index contributed by atoms with van der Waals surface area (Å²) in [5, 5.41) is 7.88. The summed E-state index contributed by atoms with van der Waals surface area (Å²) in [4.78, 5) is 30.7. The molecule has 150 valence electrons. The van der Waals surface area contributed by atoms with E-state index in [1.54, 1.807) is 31.2 Å². The van der Waals surface area contributed by atoms with Crippen LogP contribution in [0.2, 0.25) is 0 Å². The van der Waals surface area contributed by atoms with Crippen molar-refractivity contribution in [2.24, 2.45) is 0 Å². The molecule has 6 nitrogen and oxygen atoms in total. The van der Waals surface area contributed by atoms with E-state index in [1.165, 1.54) is 11.3 Å². The number of carbonyl (C=O) groups is 2. The second kappa shape index (κ2) is 8.61. The molecule has 0 spiro atoms. The van der Waals surface area contributed by atoms with Gasteiger partial charge >= 0.3 is 0 Å². The molecule has 2 aromatic heterocycles. The van der Waals surface area contributed by atoms with Crippen molar-refractivity contribution in [2.45, 2.75) is 45.1 Å². The maximum absolute atomic E-state index is 12.7. The Kier molecular flexibility index (Phi) is 5.76. The summed E-state index contributed by atoms with van der Waals surface area (Å²) in [7, 11) is 0. The zero-order valence-electron chi connectivity index (χ0n) is 16.2. The van der Waals surface area contributed by atoms with E-state index in [-0.39, 0.29) is 24.3 Å². The van der Waals surface area contributed by atoms with Gasteiger partial charge in [-0.05, 0) is 43.3 Å². The lowest BCUT2D eigenvalue weighted by atomic mass is 10.1. The zero-order chi connectivity index (χ0) is 20.2. The summed E-state index contributed by atoms with van der Waals surface area (Å²) in [5.74, 6) is 0.762. The van der Waals surface area contributed by atoms with Crippen LogP contribution in [0.15, 0.2) is 46.2 Å². The molecule has 1 aliphatic carbocycles. The number of anilines is 1. The quantitative estimate of drug-likeness (QED) is 0.625. The van der Waals surface area contributed by atoms with E-state index in [0.29, 0.717) is 28.6 Å². The topological polar surface area (TPSA) is 84.2 Å².